The van der Waals surface area contributed by atoms with Crippen LogP contribution in [0.5, 0.6) is 0 Å². The molecule has 1 aliphatic heterocycles. The molecule has 8 amide bonds. The summed E-state index contributed by atoms with van der Waals surface area (Å²) in [4.78, 5) is 105. The van der Waals surface area contributed by atoms with Gasteiger partial charge in [-0.05, 0) is 76.7 Å². The van der Waals surface area contributed by atoms with Crippen molar-refractivity contribution >= 4 is 53.2 Å². The first-order chi connectivity index (χ1) is 27.7. The average molecular weight is 840 g/mol. The van der Waals surface area contributed by atoms with Crippen LogP contribution in [0, 0.1) is 17.2 Å². The highest BCUT2D eigenvalue weighted by atomic mass is 16.3. The largest absolute Gasteiger partial charge is 0.394 e. The molecule has 0 aliphatic carbocycles. The first-order valence-corrected chi connectivity index (χ1v) is 20.2. The van der Waals surface area contributed by atoms with E-state index in [-0.39, 0.29) is 49.5 Å². The van der Waals surface area contributed by atoms with Crippen LogP contribution < -0.4 is 60.2 Å². The smallest absolute Gasteiger partial charge is 0.245 e. The van der Waals surface area contributed by atoms with Gasteiger partial charge in [0.05, 0.1) is 19.2 Å². The lowest BCUT2D eigenvalue weighted by Gasteiger charge is -2.28. The molecule has 336 valence electrons. The van der Waals surface area contributed by atoms with Crippen molar-refractivity contribution in [3.63, 3.8) is 0 Å². The first-order valence-electron chi connectivity index (χ1n) is 20.2. The fourth-order valence-electron chi connectivity index (χ4n) is 6.32. The zero-order chi connectivity index (χ0) is 44.8. The van der Waals surface area contributed by atoms with Crippen LogP contribution >= 0.6 is 0 Å². The molecule has 1 aliphatic rings. The second-order valence-corrected chi connectivity index (χ2v) is 15.7. The van der Waals surface area contributed by atoms with Crippen LogP contribution in [0.25, 0.3) is 0 Å². The number of carbonyl (C=O) groups is 8. The topological polar surface area (TPSA) is 372 Å². The SMILES string of the molecule is CC(C)C[C@H](NC(=O)CNC(=O)[C@H](CC(C)C)NC(=O)[C@@H]1CCCN1C(=O)[C@@H](N)CCCCN)C(=O)N[C@@H](CO)C(=O)N[C@@H](C)C(=O)N[C@@H](CCCNC(=N)N)C(N)=O. The van der Waals surface area contributed by atoms with E-state index < -0.39 is 96.8 Å². The number of guanidine groups is 1. The molecule has 0 saturated carbocycles. The van der Waals surface area contributed by atoms with Gasteiger partial charge in [-0.2, -0.15) is 0 Å². The van der Waals surface area contributed by atoms with E-state index in [4.69, 9.17) is 28.3 Å². The minimum absolute atomic E-state index is 0.0375. The zero-order valence-corrected chi connectivity index (χ0v) is 35.1. The number of primary amides is 1. The van der Waals surface area contributed by atoms with E-state index in [1.54, 1.807) is 13.8 Å². The number of carbonyl (C=O) groups excluding carboxylic acids is 8. The number of nitrogens with zero attached hydrogens (tertiary/aromatic N) is 1. The van der Waals surface area contributed by atoms with Gasteiger partial charge in [-0.3, -0.25) is 43.8 Å². The minimum Gasteiger partial charge on any atom is -0.394 e. The zero-order valence-electron chi connectivity index (χ0n) is 35.1. The Morgan fingerprint density at radius 2 is 1.32 bits per heavy atom. The van der Waals surface area contributed by atoms with Gasteiger partial charge in [0, 0.05) is 13.1 Å². The Morgan fingerprint density at radius 1 is 0.729 bits per heavy atom. The first kappa shape index (κ1) is 51.9. The molecule has 0 bridgehead atoms. The molecule has 1 rings (SSSR count). The molecule has 0 aromatic heterocycles. The maximum Gasteiger partial charge on any atom is 0.245 e. The number of likely N-dealkylation sites (tertiary alicyclic amines) is 1. The number of aliphatic hydroxyl groups excluding tert-OH is 1. The Balaban J connectivity index is 2.87. The van der Waals surface area contributed by atoms with Crippen molar-refractivity contribution in [3.05, 3.63) is 0 Å². The molecule has 0 radical (unpaired) electrons. The number of hydrogen-bond donors (Lipinski definition) is 13. The Labute approximate surface area is 346 Å². The molecule has 0 spiro atoms. The highest BCUT2D eigenvalue weighted by Crippen LogP contribution is 2.20. The fourth-order valence-corrected chi connectivity index (χ4v) is 6.32. The molecule has 22 heteroatoms. The molecule has 0 unspecified atom stereocenters. The normalized spacial score (nSPS) is 16.8. The Kier molecular flexibility index (Phi) is 23.6. The van der Waals surface area contributed by atoms with Crippen LogP contribution in [-0.2, 0) is 38.4 Å². The Hall–Kier alpha value is -5.09. The second-order valence-electron chi connectivity index (χ2n) is 15.7. The predicted octanol–water partition coefficient (Wildman–Crippen LogP) is -4.17. The molecule has 17 N–H and O–H groups in total. The summed E-state index contributed by atoms with van der Waals surface area (Å²) in [6, 6.07) is -7.66. The van der Waals surface area contributed by atoms with Crippen molar-refractivity contribution < 1.29 is 43.5 Å². The van der Waals surface area contributed by atoms with Gasteiger partial charge in [-0.15, -0.1) is 0 Å². The van der Waals surface area contributed by atoms with Crippen molar-refractivity contribution in [2.75, 3.05) is 32.8 Å². The van der Waals surface area contributed by atoms with Gasteiger partial charge in [-0.1, -0.05) is 34.1 Å². The second kappa shape index (κ2) is 26.8. The van der Waals surface area contributed by atoms with Gasteiger partial charge in [0.1, 0.15) is 36.3 Å². The Morgan fingerprint density at radius 3 is 1.88 bits per heavy atom. The predicted molar refractivity (Wildman–Crippen MR) is 218 cm³/mol. The lowest BCUT2D eigenvalue weighted by molar-refractivity contribution is -0.140. The number of aliphatic hydroxyl groups is 1. The van der Waals surface area contributed by atoms with Crippen LogP contribution in [0.15, 0.2) is 0 Å². The number of amides is 8. The molecule has 0 aromatic rings. The Bertz CT molecular complexity index is 1450. The van der Waals surface area contributed by atoms with Crippen molar-refractivity contribution in [1.29, 1.82) is 5.41 Å². The van der Waals surface area contributed by atoms with Crippen LogP contribution in [-0.4, -0.2) is 138 Å². The quantitative estimate of drug-likeness (QED) is 0.0212. The molecule has 59 heavy (non-hydrogen) atoms. The number of nitrogens with one attached hydrogen (secondary N) is 8. The maximum absolute atomic E-state index is 13.4. The summed E-state index contributed by atoms with van der Waals surface area (Å²) in [6.07, 6.45) is 3.62. The van der Waals surface area contributed by atoms with E-state index >= 15 is 0 Å². The van der Waals surface area contributed by atoms with Gasteiger partial charge in [0.25, 0.3) is 0 Å². The van der Waals surface area contributed by atoms with Gasteiger partial charge < -0.3 is 70.2 Å². The van der Waals surface area contributed by atoms with Crippen LogP contribution in [0.2, 0.25) is 0 Å². The van der Waals surface area contributed by atoms with Crippen molar-refractivity contribution in [3.8, 4) is 0 Å². The lowest BCUT2D eigenvalue weighted by atomic mass is 10.0. The average Bonchev–Trinajstić information content (AvgIpc) is 3.66. The number of rotatable bonds is 27. The van der Waals surface area contributed by atoms with Gasteiger partial charge in [0.15, 0.2) is 5.96 Å². The van der Waals surface area contributed by atoms with E-state index in [2.05, 4.69) is 37.2 Å². The molecule has 22 nitrogen and oxygen atoms in total. The van der Waals surface area contributed by atoms with E-state index in [9.17, 15) is 43.5 Å². The van der Waals surface area contributed by atoms with Crippen molar-refractivity contribution in [2.24, 2.45) is 34.8 Å². The molecule has 1 saturated heterocycles. The molecular formula is C37H69N13O9. The molecule has 1 fully saturated rings. The summed E-state index contributed by atoms with van der Waals surface area (Å²) in [7, 11) is 0. The van der Waals surface area contributed by atoms with Crippen molar-refractivity contribution in [2.45, 2.75) is 135 Å². The fraction of sp³-hybridized carbons (Fsp3) is 0.757. The van der Waals surface area contributed by atoms with Crippen LogP contribution in [0.3, 0.4) is 0 Å². The number of hydrogen-bond acceptors (Lipinski definition) is 12. The summed E-state index contributed by atoms with van der Waals surface area (Å²) in [5.74, 6) is -6.02. The summed E-state index contributed by atoms with van der Waals surface area (Å²) >= 11 is 0. The molecule has 1 heterocycles. The lowest BCUT2D eigenvalue weighted by Crippen LogP contribution is -2.59. The monoisotopic (exact) mass is 840 g/mol. The molecule has 7 atom stereocenters. The maximum atomic E-state index is 13.4. The third-order valence-electron chi connectivity index (χ3n) is 9.46. The van der Waals surface area contributed by atoms with Crippen LogP contribution in [0.1, 0.15) is 92.4 Å². The molecule has 0 aromatic carbocycles. The van der Waals surface area contributed by atoms with E-state index in [1.807, 2.05) is 13.8 Å². The van der Waals surface area contributed by atoms with E-state index in [1.165, 1.54) is 11.8 Å². The van der Waals surface area contributed by atoms with Gasteiger partial charge in [0.2, 0.25) is 47.3 Å². The van der Waals surface area contributed by atoms with E-state index in [0.717, 1.165) is 6.42 Å². The summed E-state index contributed by atoms with van der Waals surface area (Å²) < 4.78 is 0. The van der Waals surface area contributed by atoms with Crippen LogP contribution in [0.4, 0.5) is 0 Å². The number of unbranched alkanes of at least 4 members (excludes halogenated alkanes) is 1. The highest BCUT2D eigenvalue weighted by molar-refractivity contribution is 5.97. The minimum atomic E-state index is -1.54. The third kappa shape index (κ3) is 19.5. The van der Waals surface area contributed by atoms with Gasteiger partial charge >= 0.3 is 0 Å². The van der Waals surface area contributed by atoms with Crippen molar-refractivity contribution in [1.82, 2.24) is 42.1 Å². The standard InChI is InChI=1S/C37H69N13O9/c1-20(2)16-25(48-35(58)28-12-9-15-50(28)36(59)23(39)10-6-7-13-38)32(55)44-18-29(52)46-26(17-21(3)4)33(56)49-27(19-51)34(57)45-22(5)31(54)47-24(30(40)53)11-8-14-43-37(41)42/h20-28,51H,6-19,38-39H2,1-5H3,(H2,40,53)(H,44,55)(H,45,57)(H,46,52)(H,47,54)(H,48,58)(H,49,56)(H4,41,42,43)/t22-,23-,24-,25-,26-,27-,28-/m0/s1. The summed E-state index contributed by atoms with van der Waals surface area (Å²) in [5, 5.41) is 34.7. The summed E-state index contributed by atoms with van der Waals surface area (Å²) in [5.41, 5.74) is 22.3. The molecular weight excluding hydrogens is 770 g/mol. The number of nitrogens with two attached hydrogens (primary N) is 4. The summed E-state index contributed by atoms with van der Waals surface area (Å²) in [6.45, 7) is 8.27. The van der Waals surface area contributed by atoms with E-state index in [0.29, 0.717) is 45.2 Å². The highest BCUT2D eigenvalue weighted by Gasteiger charge is 2.38. The van der Waals surface area contributed by atoms with Gasteiger partial charge in [-0.25, -0.2) is 0 Å². The third-order valence-corrected chi connectivity index (χ3v) is 9.46.